The lowest BCUT2D eigenvalue weighted by Gasteiger charge is -2.14. The normalized spacial score (nSPS) is 12.0. The molecule has 0 bridgehead atoms. The molecule has 1 aromatic carbocycles. The van der Waals surface area contributed by atoms with E-state index in [-0.39, 0.29) is 23.0 Å². The fraction of sp³-hybridized carbons (Fsp3) is 0.167. The van der Waals surface area contributed by atoms with E-state index in [9.17, 15) is 9.59 Å². The fourth-order valence-corrected chi connectivity index (χ4v) is 2.68. The Kier molecular flexibility index (Phi) is 5.44. The standard InChI is InChI=1S/C18H15Cl2N3O3/c1-11(18(25)21-14-5-2-4-12(19)17(14)20)10-23-16(24)8-7-13(22-23)15-6-3-9-26-15/h2-9,11H,10H2,1H3,(H,21,25)/t11-/m0/s1. The van der Waals surface area contributed by atoms with E-state index in [1.54, 1.807) is 43.3 Å². The van der Waals surface area contributed by atoms with E-state index in [4.69, 9.17) is 27.6 Å². The van der Waals surface area contributed by atoms with Crippen LogP contribution in [0.5, 0.6) is 0 Å². The van der Waals surface area contributed by atoms with Crippen molar-refractivity contribution < 1.29 is 9.21 Å². The molecule has 1 atom stereocenters. The third kappa shape index (κ3) is 3.98. The van der Waals surface area contributed by atoms with E-state index in [0.29, 0.717) is 22.2 Å². The Hall–Kier alpha value is -2.57. The van der Waals surface area contributed by atoms with E-state index >= 15 is 0 Å². The number of anilines is 1. The van der Waals surface area contributed by atoms with Crippen LogP contribution in [-0.4, -0.2) is 15.7 Å². The Labute approximate surface area is 159 Å². The largest absolute Gasteiger partial charge is 0.463 e. The molecule has 0 saturated heterocycles. The predicted molar refractivity (Wildman–Crippen MR) is 100 cm³/mol. The Morgan fingerprint density at radius 3 is 2.77 bits per heavy atom. The second-order valence-corrected chi connectivity index (χ2v) is 6.49. The summed E-state index contributed by atoms with van der Waals surface area (Å²) >= 11 is 12.0. The van der Waals surface area contributed by atoms with Gasteiger partial charge in [-0.15, -0.1) is 0 Å². The van der Waals surface area contributed by atoms with Crippen molar-refractivity contribution >= 4 is 34.8 Å². The van der Waals surface area contributed by atoms with Gasteiger partial charge < -0.3 is 9.73 Å². The number of furan rings is 1. The molecular weight excluding hydrogens is 377 g/mol. The third-order valence-electron chi connectivity index (χ3n) is 3.74. The van der Waals surface area contributed by atoms with E-state index < -0.39 is 5.92 Å². The molecule has 6 nitrogen and oxygen atoms in total. The van der Waals surface area contributed by atoms with Gasteiger partial charge in [-0.3, -0.25) is 9.59 Å². The highest BCUT2D eigenvalue weighted by molar-refractivity contribution is 6.44. The Bertz CT molecular complexity index is 984. The van der Waals surface area contributed by atoms with Crippen LogP contribution >= 0.6 is 23.2 Å². The molecule has 0 saturated carbocycles. The van der Waals surface area contributed by atoms with Gasteiger partial charge in [-0.25, -0.2) is 4.68 Å². The summed E-state index contributed by atoms with van der Waals surface area (Å²) in [7, 11) is 0. The van der Waals surface area contributed by atoms with Crippen LogP contribution in [0.2, 0.25) is 10.0 Å². The minimum atomic E-state index is -0.526. The van der Waals surface area contributed by atoms with E-state index in [0.717, 1.165) is 0 Å². The second kappa shape index (κ2) is 7.76. The molecule has 2 heterocycles. The average molecular weight is 392 g/mol. The molecule has 2 aromatic heterocycles. The molecule has 0 aliphatic carbocycles. The number of amides is 1. The smallest absolute Gasteiger partial charge is 0.266 e. The lowest BCUT2D eigenvalue weighted by molar-refractivity contribution is -0.119. The number of hydrogen-bond donors (Lipinski definition) is 1. The number of aromatic nitrogens is 2. The number of carbonyl (C=O) groups is 1. The molecule has 8 heteroatoms. The molecule has 0 fully saturated rings. The minimum absolute atomic E-state index is 0.109. The summed E-state index contributed by atoms with van der Waals surface area (Å²) in [5, 5.41) is 7.59. The predicted octanol–water partition coefficient (Wildman–Crippen LogP) is 4.08. The van der Waals surface area contributed by atoms with Gasteiger partial charge in [0.1, 0.15) is 5.69 Å². The summed E-state index contributed by atoms with van der Waals surface area (Å²) in [5.74, 6) is -0.282. The van der Waals surface area contributed by atoms with Crippen LogP contribution in [0.15, 0.2) is 57.9 Å². The number of halogens is 2. The summed E-state index contributed by atoms with van der Waals surface area (Å²) in [6.45, 7) is 1.80. The molecule has 0 aliphatic rings. The molecule has 0 aliphatic heterocycles. The SMILES string of the molecule is C[C@@H](Cn1nc(-c2ccco2)ccc1=O)C(=O)Nc1cccc(Cl)c1Cl. The van der Waals surface area contributed by atoms with Gasteiger partial charge in [0.15, 0.2) is 5.76 Å². The molecule has 134 valence electrons. The van der Waals surface area contributed by atoms with Gasteiger partial charge in [-0.2, -0.15) is 5.10 Å². The maximum atomic E-state index is 12.4. The monoisotopic (exact) mass is 391 g/mol. The molecular formula is C18H15Cl2N3O3. The molecule has 26 heavy (non-hydrogen) atoms. The molecule has 1 amide bonds. The van der Waals surface area contributed by atoms with Gasteiger partial charge in [0.25, 0.3) is 5.56 Å². The zero-order valence-corrected chi connectivity index (χ0v) is 15.3. The summed E-state index contributed by atoms with van der Waals surface area (Å²) < 4.78 is 6.52. The molecule has 0 spiro atoms. The first-order valence-electron chi connectivity index (χ1n) is 7.82. The summed E-state index contributed by atoms with van der Waals surface area (Å²) in [5.41, 5.74) is 0.626. The average Bonchev–Trinajstić information content (AvgIpc) is 3.15. The van der Waals surface area contributed by atoms with Crippen LogP contribution in [0.25, 0.3) is 11.5 Å². The number of benzene rings is 1. The first-order chi connectivity index (χ1) is 12.5. The second-order valence-electron chi connectivity index (χ2n) is 5.71. The van der Waals surface area contributed by atoms with Crippen molar-refractivity contribution in [3.05, 3.63) is 69.1 Å². The Balaban J connectivity index is 1.76. The van der Waals surface area contributed by atoms with Crippen molar-refractivity contribution in [1.82, 2.24) is 9.78 Å². The van der Waals surface area contributed by atoms with Gasteiger partial charge in [-0.1, -0.05) is 36.2 Å². The Morgan fingerprint density at radius 2 is 2.04 bits per heavy atom. The molecule has 1 N–H and O–H groups in total. The van der Waals surface area contributed by atoms with Crippen molar-refractivity contribution in [3.8, 4) is 11.5 Å². The number of carbonyl (C=O) groups excluding carboxylic acids is 1. The summed E-state index contributed by atoms with van der Waals surface area (Å²) in [4.78, 5) is 24.5. The van der Waals surface area contributed by atoms with Gasteiger partial charge >= 0.3 is 0 Å². The third-order valence-corrected chi connectivity index (χ3v) is 4.56. The number of nitrogens with one attached hydrogen (secondary N) is 1. The number of rotatable bonds is 5. The fourth-order valence-electron chi connectivity index (χ4n) is 2.33. The molecule has 3 rings (SSSR count). The number of nitrogens with zero attached hydrogens (tertiary/aromatic N) is 2. The van der Waals surface area contributed by atoms with Crippen molar-refractivity contribution in [2.75, 3.05) is 5.32 Å². The van der Waals surface area contributed by atoms with Crippen molar-refractivity contribution in [3.63, 3.8) is 0 Å². The van der Waals surface area contributed by atoms with Crippen molar-refractivity contribution in [2.24, 2.45) is 5.92 Å². The van der Waals surface area contributed by atoms with Crippen LogP contribution in [0, 0.1) is 5.92 Å². The molecule has 0 radical (unpaired) electrons. The van der Waals surface area contributed by atoms with Crippen LogP contribution in [0.1, 0.15) is 6.92 Å². The zero-order chi connectivity index (χ0) is 18.7. The highest BCUT2D eigenvalue weighted by Crippen LogP contribution is 2.29. The lowest BCUT2D eigenvalue weighted by atomic mass is 10.1. The van der Waals surface area contributed by atoms with Crippen molar-refractivity contribution in [1.29, 1.82) is 0 Å². The van der Waals surface area contributed by atoms with Crippen LogP contribution in [0.3, 0.4) is 0 Å². The van der Waals surface area contributed by atoms with Gasteiger partial charge in [-0.05, 0) is 30.3 Å². The minimum Gasteiger partial charge on any atom is -0.463 e. The van der Waals surface area contributed by atoms with Crippen molar-refractivity contribution in [2.45, 2.75) is 13.5 Å². The molecule has 0 unspecified atom stereocenters. The highest BCUT2D eigenvalue weighted by Gasteiger charge is 2.17. The van der Waals surface area contributed by atoms with Crippen LogP contribution in [0.4, 0.5) is 5.69 Å². The quantitative estimate of drug-likeness (QED) is 0.710. The van der Waals surface area contributed by atoms with Crippen LogP contribution < -0.4 is 10.9 Å². The maximum absolute atomic E-state index is 12.4. The lowest BCUT2D eigenvalue weighted by Crippen LogP contribution is -2.31. The maximum Gasteiger partial charge on any atom is 0.266 e. The van der Waals surface area contributed by atoms with Gasteiger partial charge in [0, 0.05) is 6.07 Å². The first-order valence-corrected chi connectivity index (χ1v) is 8.58. The summed E-state index contributed by atoms with van der Waals surface area (Å²) in [6.07, 6.45) is 1.53. The number of hydrogen-bond acceptors (Lipinski definition) is 4. The molecule has 3 aromatic rings. The highest BCUT2D eigenvalue weighted by atomic mass is 35.5. The van der Waals surface area contributed by atoms with Crippen LogP contribution in [-0.2, 0) is 11.3 Å². The summed E-state index contributed by atoms with van der Waals surface area (Å²) in [6, 6.07) is 11.4. The van der Waals surface area contributed by atoms with E-state index in [2.05, 4.69) is 10.4 Å². The van der Waals surface area contributed by atoms with E-state index in [1.807, 2.05) is 0 Å². The Morgan fingerprint density at radius 1 is 1.23 bits per heavy atom. The van der Waals surface area contributed by atoms with Gasteiger partial charge in [0.05, 0.1) is 34.5 Å². The zero-order valence-electron chi connectivity index (χ0n) is 13.8. The van der Waals surface area contributed by atoms with E-state index in [1.165, 1.54) is 17.0 Å². The topological polar surface area (TPSA) is 77.1 Å². The van der Waals surface area contributed by atoms with Gasteiger partial charge in [0.2, 0.25) is 5.91 Å². The first kappa shape index (κ1) is 18.2.